The molecule has 0 amide bonds. The molecule has 0 radical (unpaired) electrons. The first-order valence-corrected chi connectivity index (χ1v) is 3.21. The van der Waals surface area contributed by atoms with E-state index in [1.807, 2.05) is 18.2 Å². The summed E-state index contributed by atoms with van der Waals surface area (Å²) in [5.41, 5.74) is 5.53. The highest BCUT2D eigenvalue weighted by Gasteiger charge is 1.77. The lowest BCUT2D eigenvalue weighted by atomic mass is 10.4. The van der Waals surface area contributed by atoms with Crippen LogP contribution in [-0.2, 0) is 0 Å². The SMILES string of the molecule is C=CN.C=Cc1ccccn1. The summed E-state index contributed by atoms with van der Waals surface area (Å²) in [6.45, 7) is 6.71. The third-order valence-electron chi connectivity index (χ3n) is 0.897. The largest absolute Gasteiger partial charge is 0.405 e. The Kier molecular flexibility index (Phi) is 5.61. The van der Waals surface area contributed by atoms with Crippen molar-refractivity contribution in [1.82, 2.24) is 4.98 Å². The fourth-order valence-corrected chi connectivity index (χ4v) is 0.497. The number of rotatable bonds is 1. The van der Waals surface area contributed by atoms with Crippen LogP contribution in [0.4, 0.5) is 0 Å². The van der Waals surface area contributed by atoms with Gasteiger partial charge in [-0.05, 0) is 24.4 Å². The minimum atomic E-state index is 0.924. The Balaban J connectivity index is 0.000000292. The maximum absolute atomic E-state index is 4.61. The van der Waals surface area contributed by atoms with Gasteiger partial charge in [-0.25, -0.2) is 0 Å². The zero-order valence-corrected chi connectivity index (χ0v) is 6.40. The molecule has 0 aliphatic carbocycles. The van der Waals surface area contributed by atoms with Gasteiger partial charge in [-0.2, -0.15) is 0 Å². The number of nitrogens with zero attached hydrogens (tertiary/aromatic N) is 1. The number of hydrogen-bond donors (Lipinski definition) is 1. The minimum absolute atomic E-state index is 0.924. The van der Waals surface area contributed by atoms with E-state index in [2.05, 4.69) is 23.9 Å². The van der Waals surface area contributed by atoms with Crippen molar-refractivity contribution < 1.29 is 0 Å². The molecule has 0 fully saturated rings. The Hall–Kier alpha value is -1.57. The van der Waals surface area contributed by atoms with E-state index >= 15 is 0 Å². The fourth-order valence-electron chi connectivity index (χ4n) is 0.497. The maximum atomic E-state index is 4.61. The average Bonchev–Trinajstić information content (AvgIpc) is 2.08. The second kappa shape index (κ2) is 6.55. The summed E-state index contributed by atoms with van der Waals surface area (Å²) in [5.74, 6) is 0. The summed E-state index contributed by atoms with van der Waals surface area (Å²) in [4.78, 5) is 3.98. The average molecular weight is 148 g/mol. The van der Waals surface area contributed by atoms with Gasteiger partial charge in [0.1, 0.15) is 0 Å². The maximum Gasteiger partial charge on any atom is 0.0623 e. The highest BCUT2D eigenvalue weighted by Crippen LogP contribution is 1.91. The predicted octanol–water partition coefficient (Wildman–Crippen LogP) is 1.81. The van der Waals surface area contributed by atoms with Crippen molar-refractivity contribution >= 4 is 6.08 Å². The number of aromatic nitrogens is 1. The van der Waals surface area contributed by atoms with E-state index < -0.39 is 0 Å². The minimum Gasteiger partial charge on any atom is -0.405 e. The molecule has 11 heavy (non-hydrogen) atoms. The normalized spacial score (nSPS) is 7.27. The van der Waals surface area contributed by atoms with Crippen molar-refractivity contribution in [1.29, 1.82) is 0 Å². The molecule has 1 aromatic heterocycles. The lowest BCUT2D eigenvalue weighted by Gasteiger charge is -1.84. The van der Waals surface area contributed by atoms with Crippen molar-refractivity contribution in [3.8, 4) is 0 Å². The molecular weight excluding hydrogens is 136 g/mol. The van der Waals surface area contributed by atoms with Gasteiger partial charge in [-0.3, -0.25) is 4.98 Å². The van der Waals surface area contributed by atoms with E-state index in [0.29, 0.717) is 0 Å². The van der Waals surface area contributed by atoms with Crippen molar-refractivity contribution in [2.45, 2.75) is 0 Å². The molecule has 0 saturated carbocycles. The Morgan fingerprint density at radius 1 is 1.36 bits per heavy atom. The molecule has 1 heterocycles. The fraction of sp³-hybridized carbons (Fsp3) is 0. The second-order valence-corrected chi connectivity index (χ2v) is 1.69. The van der Waals surface area contributed by atoms with Gasteiger partial charge in [0, 0.05) is 6.20 Å². The Morgan fingerprint density at radius 3 is 2.27 bits per heavy atom. The van der Waals surface area contributed by atoms with Crippen LogP contribution in [0.2, 0.25) is 0 Å². The Morgan fingerprint density at radius 2 is 2.00 bits per heavy atom. The van der Waals surface area contributed by atoms with Gasteiger partial charge in [0.15, 0.2) is 0 Å². The summed E-state index contributed by atoms with van der Waals surface area (Å²) in [6.07, 6.45) is 4.72. The number of nitrogens with two attached hydrogens (primary N) is 1. The lowest BCUT2D eigenvalue weighted by Crippen LogP contribution is -1.73. The van der Waals surface area contributed by atoms with Gasteiger partial charge >= 0.3 is 0 Å². The van der Waals surface area contributed by atoms with Gasteiger partial charge in [0.2, 0.25) is 0 Å². The van der Waals surface area contributed by atoms with Crippen LogP contribution in [0, 0.1) is 0 Å². The molecule has 0 bridgehead atoms. The van der Waals surface area contributed by atoms with Crippen LogP contribution in [0.3, 0.4) is 0 Å². The molecule has 0 aliphatic heterocycles. The summed E-state index contributed by atoms with van der Waals surface area (Å²) < 4.78 is 0. The highest BCUT2D eigenvalue weighted by molar-refractivity contribution is 5.40. The molecule has 2 heteroatoms. The van der Waals surface area contributed by atoms with Crippen molar-refractivity contribution in [2.24, 2.45) is 5.73 Å². The van der Waals surface area contributed by atoms with Crippen LogP contribution < -0.4 is 5.73 Å². The molecular formula is C9H12N2. The summed E-state index contributed by atoms with van der Waals surface area (Å²) in [5, 5.41) is 0. The van der Waals surface area contributed by atoms with Crippen LogP contribution in [0.15, 0.2) is 43.8 Å². The number of pyridine rings is 1. The van der Waals surface area contributed by atoms with Crippen molar-refractivity contribution in [2.75, 3.05) is 0 Å². The van der Waals surface area contributed by atoms with Gasteiger partial charge in [0.05, 0.1) is 5.69 Å². The molecule has 2 N–H and O–H groups in total. The van der Waals surface area contributed by atoms with Crippen LogP contribution in [-0.4, -0.2) is 4.98 Å². The molecule has 0 atom stereocenters. The number of hydrogen-bond acceptors (Lipinski definition) is 2. The second-order valence-electron chi connectivity index (χ2n) is 1.69. The van der Waals surface area contributed by atoms with Crippen LogP contribution in [0.1, 0.15) is 5.69 Å². The van der Waals surface area contributed by atoms with Gasteiger partial charge in [-0.1, -0.05) is 19.2 Å². The molecule has 2 nitrogen and oxygen atoms in total. The first-order chi connectivity index (χ1) is 5.35. The van der Waals surface area contributed by atoms with Crippen LogP contribution in [0.5, 0.6) is 0 Å². The summed E-state index contributed by atoms with van der Waals surface area (Å²) in [6, 6.07) is 5.73. The molecule has 0 aromatic carbocycles. The van der Waals surface area contributed by atoms with Gasteiger partial charge in [-0.15, -0.1) is 0 Å². The molecule has 0 unspecified atom stereocenters. The van der Waals surface area contributed by atoms with Crippen molar-refractivity contribution in [3.63, 3.8) is 0 Å². The lowest BCUT2D eigenvalue weighted by molar-refractivity contribution is 1.30. The first kappa shape index (κ1) is 9.43. The molecule has 58 valence electrons. The van der Waals surface area contributed by atoms with E-state index in [0.717, 1.165) is 5.69 Å². The van der Waals surface area contributed by atoms with E-state index in [9.17, 15) is 0 Å². The molecule has 0 spiro atoms. The quantitative estimate of drug-likeness (QED) is 0.659. The predicted molar refractivity (Wildman–Crippen MR) is 48.7 cm³/mol. The molecule has 1 aromatic rings. The third kappa shape index (κ3) is 4.90. The molecule has 1 rings (SSSR count). The molecule has 0 aliphatic rings. The van der Waals surface area contributed by atoms with Gasteiger partial charge in [0.25, 0.3) is 0 Å². The first-order valence-electron chi connectivity index (χ1n) is 3.21. The van der Waals surface area contributed by atoms with E-state index in [-0.39, 0.29) is 0 Å². The standard InChI is InChI=1S/C7H7N.C2H5N/c1-2-7-5-3-4-6-8-7;1-2-3/h2-6H,1H2;2H,1,3H2. The smallest absolute Gasteiger partial charge is 0.0623 e. The zero-order valence-electron chi connectivity index (χ0n) is 6.40. The van der Waals surface area contributed by atoms with E-state index in [1.165, 1.54) is 6.20 Å². The molecule has 0 saturated heterocycles. The van der Waals surface area contributed by atoms with Gasteiger partial charge < -0.3 is 5.73 Å². The Labute approximate surface area is 67.1 Å². The van der Waals surface area contributed by atoms with Crippen molar-refractivity contribution in [3.05, 3.63) is 49.4 Å². The summed E-state index contributed by atoms with van der Waals surface area (Å²) in [7, 11) is 0. The van der Waals surface area contributed by atoms with E-state index in [1.54, 1.807) is 12.3 Å². The topological polar surface area (TPSA) is 38.9 Å². The third-order valence-corrected chi connectivity index (χ3v) is 0.897. The highest BCUT2D eigenvalue weighted by atomic mass is 14.6. The monoisotopic (exact) mass is 148 g/mol. The Bertz CT molecular complexity index is 204. The van der Waals surface area contributed by atoms with Crippen LogP contribution >= 0.6 is 0 Å². The van der Waals surface area contributed by atoms with E-state index in [4.69, 9.17) is 0 Å². The van der Waals surface area contributed by atoms with Crippen LogP contribution in [0.25, 0.3) is 6.08 Å². The summed E-state index contributed by atoms with van der Waals surface area (Å²) >= 11 is 0. The zero-order chi connectivity index (χ0) is 8.53.